The van der Waals surface area contributed by atoms with Crippen molar-refractivity contribution < 1.29 is 0 Å². The molecular formula is C16H29N5. The zero-order valence-corrected chi connectivity index (χ0v) is 13.8. The SMILES string of the molecule is CCNc1cc(NC2CCCN(CC)C2)nc(C(C)C)n1. The van der Waals surface area contributed by atoms with Gasteiger partial charge in [0.25, 0.3) is 0 Å². The first kappa shape index (κ1) is 16.0. The van der Waals surface area contributed by atoms with Crippen molar-refractivity contribution in [1.29, 1.82) is 0 Å². The molecule has 1 aliphatic rings. The molecule has 0 amide bonds. The summed E-state index contributed by atoms with van der Waals surface area (Å²) >= 11 is 0. The summed E-state index contributed by atoms with van der Waals surface area (Å²) in [4.78, 5) is 11.8. The summed E-state index contributed by atoms with van der Waals surface area (Å²) in [6.07, 6.45) is 2.47. The van der Waals surface area contributed by atoms with Gasteiger partial charge < -0.3 is 15.5 Å². The normalized spacial score (nSPS) is 19.8. The van der Waals surface area contributed by atoms with Crippen LogP contribution in [0.5, 0.6) is 0 Å². The first-order valence-corrected chi connectivity index (χ1v) is 8.24. The molecule has 1 aliphatic heterocycles. The van der Waals surface area contributed by atoms with Gasteiger partial charge in [-0.15, -0.1) is 0 Å². The number of piperidine rings is 1. The largest absolute Gasteiger partial charge is 0.370 e. The Morgan fingerprint density at radius 1 is 1.29 bits per heavy atom. The predicted molar refractivity (Wildman–Crippen MR) is 89.0 cm³/mol. The van der Waals surface area contributed by atoms with Crippen molar-refractivity contribution in [1.82, 2.24) is 14.9 Å². The van der Waals surface area contributed by atoms with Crippen LogP contribution in [0.1, 0.15) is 52.3 Å². The number of likely N-dealkylation sites (N-methyl/N-ethyl adjacent to an activating group) is 1. The number of hydrogen-bond acceptors (Lipinski definition) is 5. The molecule has 1 aromatic rings. The summed E-state index contributed by atoms with van der Waals surface area (Å²) in [5, 5.41) is 6.91. The van der Waals surface area contributed by atoms with Crippen LogP contribution in [0.25, 0.3) is 0 Å². The average molecular weight is 291 g/mol. The van der Waals surface area contributed by atoms with Crippen LogP contribution in [0, 0.1) is 0 Å². The number of hydrogen-bond donors (Lipinski definition) is 2. The van der Waals surface area contributed by atoms with Gasteiger partial charge in [0.05, 0.1) is 0 Å². The van der Waals surface area contributed by atoms with Gasteiger partial charge in [-0.25, -0.2) is 9.97 Å². The van der Waals surface area contributed by atoms with E-state index in [0.717, 1.165) is 37.1 Å². The summed E-state index contributed by atoms with van der Waals surface area (Å²) in [6, 6.07) is 2.52. The standard InChI is InChI=1S/C16H29N5/c1-5-17-14-10-15(20-16(19-14)12(3)4)18-13-8-7-9-21(6-2)11-13/h10,12-13H,5-9,11H2,1-4H3,(H2,17,18,19,20). The molecule has 21 heavy (non-hydrogen) atoms. The molecular weight excluding hydrogens is 262 g/mol. The molecule has 1 unspecified atom stereocenters. The lowest BCUT2D eigenvalue weighted by molar-refractivity contribution is 0.226. The second-order valence-corrected chi connectivity index (χ2v) is 6.06. The molecule has 2 heterocycles. The van der Waals surface area contributed by atoms with Crippen molar-refractivity contribution in [2.24, 2.45) is 0 Å². The number of likely N-dealkylation sites (tertiary alicyclic amines) is 1. The van der Waals surface area contributed by atoms with Gasteiger partial charge in [0.1, 0.15) is 17.5 Å². The van der Waals surface area contributed by atoms with E-state index in [1.54, 1.807) is 0 Å². The van der Waals surface area contributed by atoms with Crippen molar-refractivity contribution in [2.75, 3.05) is 36.8 Å². The highest BCUT2D eigenvalue weighted by molar-refractivity contribution is 5.48. The Morgan fingerprint density at radius 3 is 2.71 bits per heavy atom. The van der Waals surface area contributed by atoms with Crippen LogP contribution < -0.4 is 10.6 Å². The Hall–Kier alpha value is -1.36. The third-order valence-corrected chi connectivity index (χ3v) is 3.92. The third-order valence-electron chi connectivity index (χ3n) is 3.92. The Bertz CT molecular complexity index is 446. The monoisotopic (exact) mass is 291 g/mol. The highest BCUT2D eigenvalue weighted by atomic mass is 15.2. The lowest BCUT2D eigenvalue weighted by Gasteiger charge is -2.32. The minimum Gasteiger partial charge on any atom is -0.370 e. The van der Waals surface area contributed by atoms with E-state index in [2.05, 4.69) is 53.2 Å². The van der Waals surface area contributed by atoms with Crippen molar-refractivity contribution in [3.8, 4) is 0 Å². The minimum atomic E-state index is 0.336. The molecule has 1 fully saturated rings. The van der Waals surface area contributed by atoms with Gasteiger partial charge in [0.2, 0.25) is 0 Å². The molecule has 0 radical (unpaired) electrons. The Balaban J connectivity index is 2.10. The van der Waals surface area contributed by atoms with Gasteiger partial charge in [-0.3, -0.25) is 0 Å². The molecule has 5 nitrogen and oxygen atoms in total. The smallest absolute Gasteiger partial charge is 0.135 e. The lowest BCUT2D eigenvalue weighted by Crippen LogP contribution is -2.42. The molecule has 118 valence electrons. The van der Waals surface area contributed by atoms with Crippen molar-refractivity contribution in [3.05, 3.63) is 11.9 Å². The zero-order chi connectivity index (χ0) is 15.2. The summed E-state index contributed by atoms with van der Waals surface area (Å²) in [7, 11) is 0. The van der Waals surface area contributed by atoms with E-state index in [0.29, 0.717) is 12.0 Å². The van der Waals surface area contributed by atoms with Gasteiger partial charge in [-0.1, -0.05) is 20.8 Å². The Morgan fingerprint density at radius 2 is 2.05 bits per heavy atom. The van der Waals surface area contributed by atoms with E-state index in [1.165, 1.54) is 19.4 Å². The van der Waals surface area contributed by atoms with Crippen LogP contribution in [0.4, 0.5) is 11.6 Å². The first-order chi connectivity index (χ1) is 10.1. The van der Waals surface area contributed by atoms with Crippen LogP contribution >= 0.6 is 0 Å². The van der Waals surface area contributed by atoms with Gasteiger partial charge >= 0.3 is 0 Å². The van der Waals surface area contributed by atoms with E-state index < -0.39 is 0 Å². The highest BCUT2D eigenvalue weighted by Crippen LogP contribution is 2.20. The van der Waals surface area contributed by atoms with Gasteiger partial charge in [0.15, 0.2) is 0 Å². The van der Waals surface area contributed by atoms with Crippen molar-refractivity contribution >= 4 is 11.6 Å². The fourth-order valence-corrected chi connectivity index (χ4v) is 2.74. The number of nitrogens with one attached hydrogen (secondary N) is 2. The molecule has 0 bridgehead atoms. The average Bonchev–Trinajstić information content (AvgIpc) is 2.47. The second-order valence-electron chi connectivity index (χ2n) is 6.06. The van der Waals surface area contributed by atoms with E-state index in [-0.39, 0.29) is 0 Å². The minimum absolute atomic E-state index is 0.336. The predicted octanol–water partition coefficient (Wildman–Crippen LogP) is 2.93. The van der Waals surface area contributed by atoms with Gasteiger partial charge in [0, 0.05) is 31.1 Å². The zero-order valence-electron chi connectivity index (χ0n) is 13.8. The Kier molecular flexibility index (Phi) is 5.79. The molecule has 2 rings (SSSR count). The summed E-state index contributed by atoms with van der Waals surface area (Å²) < 4.78 is 0. The van der Waals surface area contributed by atoms with E-state index >= 15 is 0 Å². The lowest BCUT2D eigenvalue weighted by atomic mass is 10.1. The van der Waals surface area contributed by atoms with E-state index in [4.69, 9.17) is 0 Å². The molecule has 1 atom stereocenters. The number of anilines is 2. The second kappa shape index (κ2) is 7.59. The Labute approximate surface area is 128 Å². The van der Waals surface area contributed by atoms with Crippen LogP contribution in [0.2, 0.25) is 0 Å². The summed E-state index contributed by atoms with van der Waals surface area (Å²) in [6.45, 7) is 12.9. The van der Waals surface area contributed by atoms with E-state index in [9.17, 15) is 0 Å². The molecule has 0 aliphatic carbocycles. The molecule has 0 saturated carbocycles. The molecule has 1 aromatic heterocycles. The molecule has 0 aromatic carbocycles. The quantitative estimate of drug-likeness (QED) is 0.844. The van der Waals surface area contributed by atoms with Crippen LogP contribution in [0.15, 0.2) is 6.07 Å². The number of nitrogens with zero attached hydrogens (tertiary/aromatic N) is 3. The van der Waals surface area contributed by atoms with Crippen molar-refractivity contribution in [2.45, 2.75) is 52.5 Å². The maximum Gasteiger partial charge on any atom is 0.135 e. The number of aromatic nitrogens is 2. The van der Waals surface area contributed by atoms with Gasteiger partial charge in [-0.2, -0.15) is 0 Å². The van der Waals surface area contributed by atoms with Gasteiger partial charge in [-0.05, 0) is 32.9 Å². The molecule has 1 saturated heterocycles. The topological polar surface area (TPSA) is 53.1 Å². The fourth-order valence-electron chi connectivity index (χ4n) is 2.74. The maximum absolute atomic E-state index is 4.68. The highest BCUT2D eigenvalue weighted by Gasteiger charge is 2.19. The molecule has 5 heteroatoms. The first-order valence-electron chi connectivity index (χ1n) is 8.24. The van der Waals surface area contributed by atoms with Crippen LogP contribution in [0.3, 0.4) is 0 Å². The molecule has 0 spiro atoms. The summed E-state index contributed by atoms with van der Waals surface area (Å²) in [5.74, 6) is 3.11. The van der Waals surface area contributed by atoms with E-state index in [1.807, 2.05) is 6.07 Å². The maximum atomic E-state index is 4.68. The third kappa shape index (κ3) is 4.56. The molecule has 2 N–H and O–H groups in total. The van der Waals surface area contributed by atoms with Crippen LogP contribution in [-0.2, 0) is 0 Å². The van der Waals surface area contributed by atoms with Crippen LogP contribution in [-0.4, -0.2) is 47.1 Å². The summed E-state index contributed by atoms with van der Waals surface area (Å²) in [5.41, 5.74) is 0. The number of rotatable bonds is 6. The fraction of sp³-hybridized carbons (Fsp3) is 0.750. The van der Waals surface area contributed by atoms with Crippen molar-refractivity contribution in [3.63, 3.8) is 0 Å².